The molecule has 2 aromatic carbocycles. The highest BCUT2D eigenvalue weighted by Gasteiger charge is 2.29. The van der Waals surface area contributed by atoms with E-state index in [4.69, 9.17) is 14.6 Å². The van der Waals surface area contributed by atoms with Gasteiger partial charge in [-0.25, -0.2) is 4.79 Å². The van der Waals surface area contributed by atoms with Crippen LogP contribution >= 0.6 is 0 Å². The first-order chi connectivity index (χ1) is 12.8. The van der Waals surface area contributed by atoms with Gasteiger partial charge in [-0.3, -0.25) is 0 Å². The number of nitrogens with one attached hydrogen (secondary N) is 2. The third kappa shape index (κ3) is 6.07. The summed E-state index contributed by atoms with van der Waals surface area (Å²) in [6, 6.07) is 8.63. The van der Waals surface area contributed by atoms with Crippen LogP contribution in [0.5, 0.6) is 11.5 Å². The van der Waals surface area contributed by atoms with Crippen LogP contribution in [0.3, 0.4) is 0 Å². The molecule has 2 rings (SSSR count). The zero-order valence-electron chi connectivity index (χ0n) is 14.5. The lowest BCUT2D eigenvalue weighted by atomic mass is 10.2. The van der Waals surface area contributed by atoms with Crippen LogP contribution in [-0.2, 0) is 12.7 Å². The maximum absolute atomic E-state index is 12.5. The fourth-order valence-electron chi connectivity index (χ4n) is 2.20. The molecule has 0 bridgehead atoms. The van der Waals surface area contributed by atoms with Gasteiger partial charge in [-0.2, -0.15) is 13.2 Å². The van der Waals surface area contributed by atoms with Crippen molar-refractivity contribution in [1.29, 1.82) is 0 Å². The van der Waals surface area contributed by atoms with E-state index >= 15 is 0 Å². The van der Waals surface area contributed by atoms with Gasteiger partial charge in [0.15, 0.2) is 11.5 Å². The minimum atomic E-state index is -4.42. The first-order valence-corrected chi connectivity index (χ1v) is 7.96. The molecule has 0 aromatic heterocycles. The van der Waals surface area contributed by atoms with Crippen molar-refractivity contribution in [3.05, 3.63) is 53.6 Å². The van der Waals surface area contributed by atoms with Crippen molar-refractivity contribution in [1.82, 2.24) is 5.32 Å². The van der Waals surface area contributed by atoms with E-state index in [0.717, 1.165) is 17.7 Å². The fraction of sp³-hybridized carbons (Fsp3) is 0.278. The number of hydrogen-bond acceptors (Lipinski definition) is 4. The third-order valence-electron chi connectivity index (χ3n) is 3.50. The van der Waals surface area contributed by atoms with Crippen molar-refractivity contribution >= 4 is 11.7 Å². The number of anilines is 1. The number of rotatable bonds is 7. The van der Waals surface area contributed by atoms with Gasteiger partial charge in [0.25, 0.3) is 0 Å². The van der Waals surface area contributed by atoms with Crippen LogP contribution in [0.2, 0.25) is 0 Å². The Hall–Kier alpha value is -2.94. The van der Waals surface area contributed by atoms with Gasteiger partial charge < -0.3 is 25.2 Å². The predicted octanol–water partition coefficient (Wildman–Crippen LogP) is 3.41. The second kappa shape index (κ2) is 9.13. The molecule has 2 aromatic rings. The lowest BCUT2D eigenvalue weighted by molar-refractivity contribution is -0.137. The molecule has 146 valence electrons. The molecule has 9 heteroatoms. The van der Waals surface area contributed by atoms with E-state index in [1.54, 1.807) is 18.2 Å². The van der Waals surface area contributed by atoms with Crippen molar-refractivity contribution in [3.63, 3.8) is 0 Å². The highest BCUT2D eigenvalue weighted by molar-refractivity contribution is 5.89. The van der Waals surface area contributed by atoms with Crippen LogP contribution in [-0.4, -0.2) is 31.5 Å². The predicted molar refractivity (Wildman–Crippen MR) is 92.9 cm³/mol. The first-order valence-electron chi connectivity index (χ1n) is 7.96. The van der Waals surface area contributed by atoms with Gasteiger partial charge in [0.05, 0.1) is 19.3 Å². The number of hydrogen-bond donors (Lipinski definition) is 3. The van der Waals surface area contributed by atoms with Gasteiger partial charge in [0.2, 0.25) is 0 Å². The molecule has 0 saturated heterocycles. The Bertz CT molecular complexity index is 764. The van der Waals surface area contributed by atoms with Crippen molar-refractivity contribution in [2.75, 3.05) is 25.6 Å². The zero-order chi connectivity index (χ0) is 19.9. The monoisotopic (exact) mass is 384 g/mol. The summed E-state index contributed by atoms with van der Waals surface area (Å²) in [5, 5.41) is 13.8. The molecule has 27 heavy (non-hydrogen) atoms. The first kappa shape index (κ1) is 20.4. The summed E-state index contributed by atoms with van der Waals surface area (Å²) in [6.45, 7) is 0.170. The van der Waals surface area contributed by atoms with Crippen LogP contribution in [0.25, 0.3) is 0 Å². The van der Waals surface area contributed by atoms with Crippen LogP contribution in [0.15, 0.2) is 42.5 Å². The molecule has 3 N–H and O–H groups in total. The normalized spacial score (nSPS) is 11.0. The van der Waals surface area contributed by atoms with Crippen LogP contribution in [0, 0.1) is 0 Å². The van der Waals surface area contributed by atoms with Crippen molar-refractivity contribution in [3.8, 4) is 11.5 Å². The van der Waals surface area contributed by atoms with Crippen molar-refractivity contribution in [2.45, 2.75) is 12.7 Å². The highest BCUT2D eigenvalue weighted by atomic mass is 19.4. The summed E-state index contributed by atoms with van der Waals surface area (Å²) in [4.78, 5) is 11.9. The number of ether oxygens (including phenoxy) is 2. The Kier molecular flexibility index (Phi) is 6.89. The molecule has 2 amide bonds. The maximum atomic E-state index is 12.5. The molecule has 0 heterocycles. The van der Waals surface area contributed by atoms with Gasteiger partial charge in [-0.15, -0.1) is 0 Å². The van der Waals surface area contributed by atoms with E-state index in [-0.39, 0.29) is 25.4 Å². The van der Waals surface area contributed by atoms with E-state index in [9.17, 15) is 18.0 Å². The van der Waals surface area contributed by atoms with E-state index in [1.165, 1.54) is 19.2 Å². The van der Waals surface area contributed by atoms with Crippen LogP contribution in [0.1, 0.15) is 11.1 Å². The molecule has 6 nitrogen and oxygen atoms in total. The van der Waals surface area contributed by atoms with Gasteiger partial charge in [0, 0.05) is 12.2 Å². The molecular formula is C18H19F3N2O4. The molecule has 0 fully saturated rings. The standard InChI is InChI=1S/C18H19F3N2O4/c1-26-16-10-12(2-7-15(16)27-9-8-24)11-22-17(25)23-14-5-3-13(4-6-14)18(19,20)21/h2-7,10,24H,8-9,11H2,1H3,(H2,22,23,25). The number of aliphatic hydroxyl groups excluding tert-OH is 1. The Balaban J connectivity index is 1.91. The number of benzene rings is 2. The lowest BCUT2D eigenvalue weighted by Gasteiger charge is -2.12. The lowest BCUT2D eigenvalue weighted by Crippen LogP contribution is -2.28. The van der Waals surface area contributed by atoms with E-state index in [0.29, 0.717) is 11.5 Å². The summed E-state index contributed by atoms with van der Waals surface area (Å²) in [5.74, 6) is 0.912. The van der Waals surface area contributed by atoms with Crippen molar-refractivity contribution < 1.29 is 32.5 Å². The molecule has 0 aliphatic heterocycles. The Morgan fingerprint density at radius 1 is 1.11 bits per heavy atom. The zero-order valence-corrected chi connectivity index (χ0v) is 14.5. The quantitative estimate of drug-likeness (QED) is 0.684. The number of carbonyl (C=O) groups excluding carboxylic acids is 1. The molecule has 0 spiro atoms. The average Bonchev–Trinajstić information content (AvgIpc) is 2.64. The molecule has 0 unspecified atom stereocenters. The maximum Gasteiger partial charge on any atom is 0.416 e. The summed E-state index contributed by atoms with van der Waals surface area (Å²) in [6.07, 6.45) is -4.42. The fourth-order valence-corrected chi connectivity index (χ4v) is 2.20. The summed E-state index contributed by atoms with van der Waals surface area (Å²) < 4.78 is 48.1. The Morgan fingerprint density at radius 2 is 1.81 bits per heavy atom. The molecule has 0 radical (unpaired) electrons. The smallest absolute Gasteiger partial charge is 0.416 e. The second-order valence-corrected chi connectivity index (χ2v) is 5.44. The highest BCUT2D eigenvalue weighted by Crippen LogP contribution is 2.30. The molecule has 0 aliphatic carbocycles. The topological polar surface area (TPSA) is 79.8 Å². The SMILES string of the molecule is COc1cc(CNC(=O)Nc2ccc(C(F)(F)F)cc2)ccc1OCCO. The molecule has 0 aliphatic rings. The minimum Gasteiger partial charge on any atom is -0.493 e. The van der Waals surface area contributed by atoms with Gasteiger partial charge in [0.1, 0.15) is 6.61 Å². The largest absolute Gasteiger partial charge is 0.493 e. The van der Waals surface area contributed by atoms with Crippen LogP contribution < -0.4 is 20.1 Å². The Morgan fingerprint density at radius 3 is 2.41 bits per heavy atom. The number of carbonyl (C=O) groups is 1. The number of amides is 2. The number of alkyl halides is 3. The molecule has 0 saturated carbocycles. The average molecular weight is 384 g/mol. The summed E-state index contributed by atoms with van der Waals surface area (Å²) in [5.41, 5.74) is 0.181. The van der Waals surface area contributed by atoms with Crippen LogP contribution in [0.4, 0.5) is 23.7 Å². The van der Waals surface area contributed by atoms with Gasteiger partial charge in [-0.1, -0.05) is 6.07 Å². The van der Waals surface area contributed by atoms with E-state index in [2.05, 4.69) is 10.6 Å². The number of halogens is 3. The number of methoxy groups -OCH3 is 1. The number of urea groups is 1. The number of aliphatic hydroxyl groups is 1. The summed E-state index contributed by atoms with van der Waals surface area (Å²) >= 11 is 0. The minimum absolute atomic E-state index is 0.128. The van der Waals surface area contributed by atoms with E-state index in [1.807, 2.05) is 0 Å². The van der Waals surface area contributed by atoms with E-state index < -0.39 is 17.8 Å². The van der Waals surface area contributed by atoms with Crippen molar-refractivity contribution in [2.24, 2.45) is 0 Å². The Labute approximate surface area is 153 Å². The molecular weight excluding hydrogens is 365 g/mol. The molecule has 0 atom stereocenters. The van der Waals surface area contributed by atoms with Gasteiger partial charge >= 0.3 is 12.2 Å². The second-order valence-electron chi connectivity index (χ2n) is 5.44. The third-order valence-corrected chi connectivity index (χ3v) is 3.50. The van der Waals surface area contributed by atoms with Gasteiger partial charge in [-0.05, 0) is 42.0 Å². The summed E-state index contributed by atoms with van der Waals surface area (Å²) in [7, 11) is 1.47.